The van der Waals surface area contributed by atoms with Crippen molar-refractivity contribution >= 4 is 11.6 Å². The molecule has 0 spiro atoms. The molecule has 0 fully saturated rings. The number of ether oxygens (including phenoxy) is 2. The van der Waals surface area contributed by atoms with Gasteiger partial charge < -0.3 is 9.47 Å². The molecule has 23 heavy (non-hydrogen) atoms. The van der Waals surface area contributed by atoms with E-state index in [0.29, 0.717) is 13.2 Å². The molecule has 4 heteroatoms. The highest BCUT2D eigenvalue weighted by Crippen LogP contribution is 2.24. The van der Waals surface area contributed by atoms with Gasteiger partial charge >= 0.3 is 0 Å². The van der Waals surface area contributed by atoms with Crippen LogP contribution >= 0.6 is 11.6 Å². The standard InChI is InChI=1S/C19H20ClFO2/c1-19(2,12-18(20)21)14-22-13-15-7-6-10-17(11-15)23-16-8-4-3-5-9-16/h3-12H,13-14H2,1-2H3. The van der Waals surface area contributed by atoms with Crippen molar-refractivity contribution in [1.29, 1.82) is 0 Å². The van der Waals surface area contributed by atoms with Gasteiger partial charge in [0, 0.05) is 5.41 Å². The van der Waals surface area contributed by atoms with E-state index >= 15 is 0 Å². The Morgan fingerprint density at radius 1 is 1.09 bits per heavy atom. The predicted octanol–water partition coefficient (Wildman–Crippen LogP) is 6.07. The number of para-hydroxylation sites is 1. The first-order valence-corrected chi connectivity index (χ1v) is 7.76. The number of hydrogen-bond acceptors (Lipinski definition) is 2. The van der Waals surface area contributed by atoms with E-state index in [0.717, 1.165) is 17.1 Å². The molecule has 0 aliphatic rings. The molecule has 0 N–H and O–H groups in total. The van der Waals surface area contributed by atoms with Gasteiger partial charge in [0.2, 0.25) is 0 Å². The second kappa shape index (κ2) is 8.14. The van der Waals surface area contributed by atoms with Crippen LogP contribution in [0.25, 0.3) is 0 Å². The van der Waals surface area contributed by atoms with Crippen molar-refractivity contribution in [3.63, 3.8) is 0 Å². The molecule has 122 valence electrons. The largest absolute Gasteiger partial charge is 0.457 e. The summed E-state index contributed by atoms with van der Waals surface area (Å²) in [5.41, 5.74) is 0.536. The molecule has 0 saturated heterocycles. The molecular weight excluding hydrogens is 315 g/mol. The van der Waals surface area contributed by atoms with E-state index in [2.05, 4.69) is 0 Å². The molecule has 2 rings (SSSR count). The Morgan fingerprint density at radius 3 is 2.48 bits per heavy atom. The quantitative estimate of drug-likeness (QED) is 0.611. The van der Waals surface area contributed by atoms with Crippen LogP contribution in [-0.4, -0.2) is 6.61 Å². The number of rotatable bonds is 7. The van der Waals surface area contributed by atoms with Gasteiger partial charge in [0.25, 0.3) is 0 Å². The van der Waals surface area contributed by atoms with Gasteiger partial charge in [0.15, 0.2) is 5.29 Å². The van der Waals surface area contributed by atoms with Crippen molar-refractivity contribution in [2.75, 3.05) is 6.61 Å². The molecule has 2 nitrogen and oxygen atoms in total. The second-order valence-corrected chi connectivity index (χ2v) is 6.34. The highest BCUT2D eigenvalue weighted by Gasteiger charge is 2.16. The van der Waals surface area contributed by atoms with Gasteiger partial charge in [-0.1, -0.05) is 55.8 Å². The molecule has 0 bridgehead atoms. The van der Waals surface area contributed by atoms with Crippen LogP contribution in [0.5, 0.6) is 11.5 Å². The van der Waals surface area contributed by atoms with Crippen LogP contribution in [-0.2, 0) is 11.3 Å². The Bertz CT molecular complexity index is 649. The summed E-state index contributed by atoms with van der Waals surface area (Å²) < 4.78 is 24.2. The van der Waals surface area contributed by atoms with Gasteiger partial charge in [0.05, 0.1) is 13.2 Å². The van der Waals surface area contributed by atoms with Crippen molar-refractivity contribution in [3.05, 3.63) is 71.5 Å². The number of hydrogen-bond donors (Lipinski definition) is 0. The van der Waals surface area contributed by atoms with Crippen LogP contribution in [0.1, 0.15) is 19.4 Å². The summed E-state index contributed by atoms with van der Waals surface area (Å²) in [5.74, 6) is 1.54. The lowest BCUT2D eigenvalue weighted by Gasteiger charge is -2.19. The Kier molecular flexibility index (Phi) is 6.20. The lowest BCUT2D eigenvalue weighted by molar-refractivity contribution is 0.0711. The number of halogens is 2. The van der Waals surface area contributed by atoms with E-state index in [9.17, 15) is 4.39 Å². The monoisotopic (exact) mass is 334 g/mol. The van der Waals surface area contributed by atoms with Crippen molar-refractivity contribution in [2.45, 2.75) is 20.5 Å². The third kappa shape index (κ3) is 6.43. The topological polar surface area (TPSA) is 18.5 Å². The highest BCUT2D eigenvalue weighted by atomic mass is 35.5. The summed E-state index contributed by atoms with van der Waals surface area (Å²) in [5, 5.41) is -0.711. The summed E-state index contributed by atoms with van der Waals surface area (Å²) in [6.45, 7) is 4.53. The molecule has 0 aromatic heterocycles. The number of benzene rings is 2. The maximum absolute atomic E-state index is 12.8. The average Bonchev–Trinajstić information content (AvgIpc) is 2.47. The van der Waals surface area contributed by atoms with Crippen LogP contribution in [0.2, 0.25) is 0 Å². The molecule has 2 aromatic carbocycles. The Morgan fingerprint density at radius 2 is 1.78 bits per heavy atom. The van der Waals surface area contributed by atoms with Crippen LogP contribution in [0.3, 0.4) is 0 Å². The van der Waals surface area contributed by atoms with Crippen molar-refractivity contribution < 1.29 is 13.9 Å². The van der Waals surface area contributed by atoms with E-state index in [1.807, 2.05) is 68.4 Å². The third-order valence-electron chi connectivity index (χ3n) is 3.12. The SMILES string of the molecule is CC(C)(C=C(F)Cl)COCc1cccc(Oc2ccccc2)c1. The highest BCUT2D eigenvalue weighted by molar-refractivity contribution is 6.28. The zero-order chi connectivity index (χ0) is 16.7. The minimum Gasteiger partial charge on any atom is -0.457 e. The predicted molar refractivity (Wildman–Crippen MR) is 91.4 cm³/mol. The minimum atomic E-state index is -0.711. The molecule has 0 aliphatic heterocycles. The molecule has 0 amide bonds. The van der Waals surface area contributed by atoms with Gasteiger partial charge in [-0.05, 0) is 35.9 Å². The van der Waals surface area contributed by atoms with Crippen molar-refractivity contribution in [1.82, 2.24) is 0 Å². The van der Waals surface area contributed by atoms with Crippen molar-refractivity contribution in [2.24, 2.45) is 5.41 Å². The normalized spacial score (nSPS) is 12.3. The van der Waals surface area contributed by atoms with Gasteiger partial charge in [0.1, 0.15) is 11.5 Å². The molecule has 0 radical (unpaired) electrons. The molecule has 0 unspecified atom stereocenters. The van der Waals surface area contributed by atoms with Crippen LogP contribution in [0.15, 0.2) is 66.0 Å². The zero-order valence-electron chi connectivity index (χ0n) is 13.3. The summed E-state index contributed by atoms with van der Waals surface area (Å²) in [4.78, 5) is 0. The smallest absolute Gasteiger partial charge is 0.185 e. The second-order valence-electron chi connectivity index (χ2n) is 5.98. The fraction of sp³-hybridized carbons (Fsp3) is 0.263. The third-order valence-corrected chi connectivity index (χ3v) is 3.23. The van der Waals surface area contributed by atoms with Gasteiger partial charge in [-0.25, -0.2) is 0 Å². The molecule has 0 heterocycles. The Hall–Kier alpha value is -1.84. The first-order valence-electron chi connectivity index (χ1n) is 7.38. The summed E-state index contributed by atoms with van der Waals surface area (Å²) in [6.07, 6.45) is 1.35. The zero-order valence-corrected chi connectivity index (χ0v) is 14.0. The first kappa shape index (κ1) is 17.5. The van der Waals surface area contributed by atoms with Crippen LogP contribution < -0.4 is 4.74 Å². The van der Waals surface area contributed by atoms with Gasteiger partial charge in [-0.2, -0.15) is 4.39 Å². The van der Waals surface area contributed by atoms with E-state index in [4.69, 9.17) is 21.1 Å². The molecule has 0 aliphatic carbocycles. The lowest BCUT2D eigenvalue weighted by atomic mass is 9.95. The Labute approximate surface area is 141 Å². The summed E-state index contributed by atoms with van der Waals surface area (Å²) >= 11 is 5.28. The van der Waals surface area contributed by atoms with E-state index in [-0.39, 0.29) is 0 Å². The lowest BCUT2D eigenvalue weighted by Crippen LogP contribution is -2.16. The average molecular weight is 335 g/mol. The molecule has 0 saturated carbocycles. The molecular formula is C19H20ClFO2. The van der Waals surface area contributed by atoms with Crippen LogP contribution in [0.4, 0.5) is 4.39 Å². The van der Waals surface area contributed by atoms with Gasteiger partial charge in [-0.3, -0.25) is 0 Å². The Balaban J connectivity index is 1.92. The van der Waals surface area contributed by atoms with E-state index in [1.165, 1.54) is 6.08 Å². The van der Waals surface area contributed by atoms with E-state index in [1.54, 1.807) is 0 Å². The maximum Gasteiger partial charge on any atom is 0.185 e. The minimum absolute atomic E-state index is 0.372. The van der Waals surface area contributed by atoms with Gasteiger partial charge in [-0.15, -0.1) is 0 Å². The summed E-state index contributed by atoms with van der Waals surface area (Å²) in [7, 11) is 0. The maximum atomic E-state index is 12.8. The first-order chi connectivity index (χ1) is 10.9. The molecule has 0 atom stereocenters. The fourth-order valence-electron chi connectivity index (χ4n) is 2.09. The fourth-order valence-corrected chi connectivity index (χ4v) is 2.39. The summed E-state index contributed by atoms with van der Waals surface area (Å²) in [6, 6.07) is 17.3. The van der Waals surface area contributed by atoms with E-state index < -0.39 is 10.7 Å². The van der Waals surface area contributed by atoms with Crippen LogP contribution in [0, 0.1) is 5.41 Å². The molecule has 2 aromatic rings. The van der Waals surface area contributed by atoms with Crippen molar-refractivity contribution in [3.8, 4) is 11.5 Å².